The lowest BCUT2D eigenvalue weighted by Gasteiger charge is -2.10. The summed E-state index contributed by atoms with van der Waals surface area (Å²) in [4.78, 5) is 0. The molecule has 0 saturated heterocycles. The van der Waals surface area contributed by atoms with Crippen molar-refractivity contribution in [1.29, 1.82) is 0 Å². The van der Waals surface area contributed by atoms with E-state index in [-0.39, 0.29) is 0 Å². The summed E-state index contributed by atoms with van der Waals surface area (Å²) in [6.45, 7) is 12.0. The fourth-order valence-electron chi connectivity index (χ4n) is 16.6. The van der Waals surface area contributed by atoms with Crippen molar-refractivity contribution in [3.8, 4) is 56.2 Å². The van der Waals surface area contributed by atoms with E-state index in [0.717, 1.165) is 116 Å². The molecular weight excluding hydrogens is 1360 g/mol. The summed E-state index contributed by atoms with van der Waals surface area (Å²) in [6.07, 6.45) is 6.46. The molecule has 8 nitrogen and oxygen atoms in total. The van der Waals surface area contributed by atoms with Gasteiger partial charge in [0, 0.05) is 98.0 Å². The maximum atomic E-state index is 8.20. The summed E-state index contributed by atoms with van der Waals surface area (Å²) in [7, 11) is 8.05. The van der Waals surface area contributed by atoms with Crippen LogP contribution in [0.15, 0.2) is 309 Å². The third kappa shape index (κ3) is 12.4. The number of furan rings is 4. The van der Waals surface area contributed by atoms with E-state index in [1.807, 2.05) is 103 Å². The van der Waals surface area contributed by atoms with Gasteiger partial charge in [-0.05, 0) is 209 Å². The first kappa shape index (κ1) is 63.8. The van der Waals surface area contributed by atoms with Gasteiger partial charge in [0.25, 0.3) is 0 Å². The molecule has 0 unspecified atom stereocenters. The van der Waals surface area contributed by atoms with E-state index in [1.54, 1.807) is 13.1 Å². The molecule has 8 heterocycles. The van der Waals surface area contributed by atoms with Crippen LogP contribution in [0.25, 0.3) is 187 Å². The van der Waals surface area contributed by atoms with Crippen molar-refractivity contribution in [2.75, 3.05) is 0 Å². The van der Waals surface area contributed by atoms with Crippen LogP contribution in [0.2, 0.25) is 0 Å². The average molecular weight is 1450 g/mol. The maximum Gasteiger partial charge on any atom is 0.216 e. The lowest BCUT2D eigenvalue weighted by Crippen LogP contribution is -2.31. The molecule has 0 N–H and O–H groups in total. The van der Waals surface area contributed by atoms with Gasteiger partial charge in [0.2, 0.25) is 22.8 Å². The van der Waals surface area contributed by atoms with Crippen LogP contribution in [0.5, 0.6) is 0 Å². The molecule has 0 fully saturated rings. The van der Waals surface area contributed by atoms with Crippen LogP contribution in [-0.4, -0.2) is 0 Å². The Morgan fingerprint density at radius 3 is 1.21 bits per heavy atom. The molecule has 111 heavy (non-hydrogen) atoms. The van der Waals surface area contributed by atoms with Crippen LogP contribution in [0.3, 0.4) is 0 Å². The second kappa shape index (κ2) is 28.0. The molecule has 0 saturated carbocycles. The van der Waals surface area contributed by atoms with Gasteiger partial charge in [-0.25, -0.2) is 18.3 Å². The molecule has 13 aromatic carbocycles. The normalized spacial score (nSPS) is 12.5. The van der Waals surface area contributed by atoms with Crippen molar-refractivity contribution in [2.24, 2.45) is 28.2 Å². The molecule has 0 spiro atoms. The zero-order valence-electron chi connectivity index (χ0n) is 69.1. The summed E-state index contributed by atoms with van der Waals surface area (Å²) in [6, 6.07) is 92.2. The first-order valence-corrected chi connectivity index (χ1v) is 37.8. The molecule has 21 rings (SSSR count). The van der Waals surface area contributed by atoms with Crippen LogP contribution in [0.1, 0.15) is 58.3 Å². The number of hydrogen-bond acceptors (Lipinski definition) is 4. The summed E-state index contributed by atoms with van der Waals surface area (Å²) < 4.78 is 74.2. The molecule has 8 aromatic heterocycles. The van der Waals surface area contributed by atoms with Crippen molar-refractivity contribution in [2.45, 2.75) is 61.7 Å². The summed E-state index contributed by atoms with van der Waals surface area (Å²) in [5, 5.41) is 18.9. The van der Waals surface area contributed by atoms with Gasteiger partial charge in [-0.2, -0.15) is 0 Å². The van der Waals surface area contributed by atoms with Crippen molar-refractivity contribution in [3.05, 3.63) is 336 Å². The molecule has 0 bridgehead atoms. The lowest BCUT2D eigenvalue weighted by molar-refractivity contribution is -0.660. The van der Waals surface area contributed by atoms with Gasteiger partial charge < -0.3 is 17.7 Å². The third-order valence-electron chi connectivity index (χ3n) is 22.4. The third-order valence-corrected chi connectivity index (χ3v) is 22.4. The lowest BCUT2D eigenvalue weighted by atomic mass is 9.95. The number of nitrogens with zero attached hydrogens (tertiary/aromatic N) is 4. The van der Waals surface area contributed by atoms with Crippen LogP contribution in [0, 0.1) is 48.4 Å². The topological polar surface area (TPSA) is 68.1 Å². The smallest absolute Gasteiger partial charge is 0.216 e. The van der Waals surface area contributed by atoms with Gasteiger partial charge in [-0.3, -0.25) is 0 Å². The van der Waals surface area contributed by atoms with Gasteiger partial charge in [-0.15, -0.1) is 0 Å². The number of benzene rings is 13. The number of pyridine rings is 4. The summed E-state index contributed by atoms with van der Waals surface area (Å²) in [5.41, 5.74) is 25.6. The van der Waals surface area contributed by atoms with Crippen LogP contribution >= 0.6 is 0 Å². The first-order chi connectivity index (χ1) is 55.9. The second-order valence-corrected chi connectivity index (χ2v) is 29.7. The van der Waals surface area contributed by atoms with Crippen LogP contribution < -0.4 is 18.3 Å². The molecule has 538 valence electrons. The SMILES string of the molecule is Cc1cc2c(cc1-c1cccc[n+]1C)oc1ccc3ccccc3c12.Cc1cc[n+](C)c(-c2cc3oc4ccc5ccccc5c4c3cc2C)c1.[2H]C([2H])(C)c1cc[n+](C)c(-c2cc3oc4ccc5ccccc5c4c3cc2C)c1.[2H]C([2H])([2H])c1c[n+](C)c(-c2c(C)ccc3c2oc2ccc4ccccc4c23)cc1-c1ccc(C)cc1. The minimum Gasteiger partial charge on any atom is -0.456 e. The van der Waals surface area contributed by atoms with Crippen LogP contribution in [0.4, 0.5) is 0 Å². The number of hydrogen-bond donors (Lipinski definition) is 0. The first-order valence-electron chi connectivity index (χ1n) is 40.3. The highest BCUT2D eigenvalue weighted by Crippen LogP contribution is 2.44. The molecular formula is C103H86N4O4+4. The number of rotatable bonds is 6. The molecule has 0 radical (unpaired) electrons. The minimum atomic E-state index is -2.24. The predicted molar refractivity (Wildman–Crippen MR) is 459 cm³/mol. The van der Waals surface area contributed by atoms with Gasteiger partial charge in [0.15, 0.2) is 24.8 Å². The van der Waals surface area contributed by atoms with Gasteiger partial charge in [-0.1, -0.05) is 170 Å². The Balaban J connectivity index is 0.000000108. The van der Waals surface area contributed by atoms with E-state index in [0.29, 0.717) is 16.7 Å². The Labute approximate surface area is 652 Å². The highest BCUT2D eigenvalue weighted by molar-refractivity contribution is 6.23. The van der Waals surface area contributed by atoms with E-state index in [2.05, 4.69) is 270 Å². The molecule has 21 aromatic rings. The Morgan fingerprint density at radius 1 is 0.297 bits per heavy atom. The van der Waals surface area contributed by atoms with Crippen molar-refractivity contribution in [1.82, 2.24) is 0 Å². The Morgan fingerprint density at radius 2 is 0.730 bits per heavy atom. The molecule has 8 heteroatoms. The van der Waals surface area contributed by atoms with E-state index >= 15 is 0 Å². The van der Waals surface area contributed by atoms with Gasteiger partial charge in [0.05, 0.1) is 22.3 Å². The monoisotopic (exact) mass is 1450 g/mol. The van der Waals surface area contributed by atoms with Gasteiger partial charge >= 0.3 is 0 Å². The standard InChI is InChI=1S/C31H26NO.C25H22NO.C24H20NO.C23H18NO/c1-19-9-12-23(13-10-19)26-17-27(32(4)18-21(26)3)29-20(2)11-15-25-30-24-8-6-5-7-22(24)14-16-28(30)33-31(25)29;1-4-17-11-12-26(3)22(14-17)20-15-24-21(13-16(20)2)25-19-8-6-5-7-18(19)9-10-23(25)27-24;1-15-10-11-25(3)21(12-15)19-14-23-20(13-16(19)2)24-18-7-5-4-6-17(18)8-9-22(24)26-23;1-15-13-19-22(14-18(15)20-9-5-6-12-24(20)2)25-21-11-10-16-7-3-4-8-17(16)23(19)21/h5-18H,1-4H3;5-15H,4H2,1-3H3;4-14H,1-3H3;3-14H,1-2H3/q4*+1/i3D3;4D2;;. The maximum absolute atomic E-state index is 8.20. The zero-order chi connectivity index (χ0) is 80.3. The highest BCUT2D eigenvalue weighted by Gasteiger charge is 2.26. The Bertz CT molecular complexity index is 7560. The molecule has 0 amide bonds. The summed E-state index contributed by atoms with van der Waals surface area (Å²) >= 11 is 0. The van der Waals surface area contributed by atoms with Crippen molar-refractivity contribution in [3.63, 3.8) is 0 Å². The van der Waals surface area contributed by atoms with Crippen molar-refractivity contribution >= 4 is 131 Å². The fourth-order valence-corrected chi connectivity index (χ4v) is 16.6. The fraction of sp³-hybridized carbons (Fsp3) is 0.126. The highest BCUT2D eigenvalue weighted by atomic mass is 16.3. The van der Waals surface area contributed by atoms with Gasteiger partial charge in [0.1, 0.15) is 72.9 Å². The zero-order valence-corrected chi connectivity index (χ0v) is 64.1. The van der Waals surface area contributed by atoms with Crippen molar-refractivity contribution < 1.29 is 42.8 Å². The number of aryl methyl sites for hydroxylation is 12. The van der Waals surface area contributed by atoms with E-state index in [9.17, 15) is 0 Å². The van der Waals surface area contributed by atoms with E-state index in [1.165, 1.54) is 98.5 Å². The number of aromatic nitrogens is 4. The minimum absolute atomic E-state index is 0.332. The van der Waals surface area contributed by atoms with Crippen LogP contribution in [-0.2, 0) is 34.6 Å². The second-order valence-electron chi connectivity index (χ2n) is 29.7. The number of fused-ring (bicyclic) bond motifs is 20. The largest absolute Gasteiger partial charge is 0.456 e. The average Bonchev–Trinajstić information content (AvgIpc) is 1.65. The van der Waals surface area contributed by atoms with E-state index in [4.69, 9.17) is 24.5 Å². The summed E-state index contributed by atoms with van der Waals surface area (Å²) in [5.74, 6) is 0. The molecule has 0 aliphatic rings. The van der Waals surface area contributed by atoms with E-state index < -0.39 is 13.2 Å². The Kier molecular flexibility index (Phi) is 16.1. The Hall–Kier alpha value is -13.3. The predicted octanol–water partition coefficient (Wildman–Crippen LogP) is 25.3. The molecule has 0 atom stereocenters. The molecule has 0 aliphatic heterocycles. The molecule has 0 aliphatic carbocycles. The quantitative estimate of drug-likeness (QED) is 0.156.